The summed E-state index contributed by atoms with van der Waals surface area (Å²) in [5.74, 6) is -0.158. The van der Waals surface area contributed by atoms with E-state index in [1.54, 1.807) is 6.20 Å². The van der Waals surface area contributed by atoms with Gasteiger partial charge in [-0.05, 0) is 94.6 Å². The van der Waals surface area contributed by atoms with Crippen LogP contribution in [0.15, 0.2) is 24.5 Å². The van der Waals surface area contributed by atoms with E-state index in [9.17, 15) is 14.7 Å². The Kier molecular flexibility index (Phi) is 7.37. The molecule has 188 valence electrons. The molecule has 2 aromatic rings. The molecule has 2 aromatic heterocycles. The van der Waals surface area contributed by atoms with Crippen LogP contribution in [0.5, 0.6) is 0 Å². The van der Waals surface area contributed by atoms with E-state index in [0.717, 1.165) is 75.5 Å². The van der Waals surface area contributed by atoms with Crippen molar-refractivity contribution in [3.8, 4) is 0 Å². The fourth-order valence-corrected chi connectivity index (χ4v) is 7.18. The van der Waals surface area contributed by atoms with Gasteiger partial charge in [0.05, 0.1) is 17.9 Å². The van der Waals surface area contributed by atoms with Crippen LogP contribution in [0, 0.1) is 11.8 Å². The molecule has 35 heavy (non-hydrogen) atoms. The number of hydrogen-bond acceptors (Lipinski definition) is 5. The van der Waals surface area contributed by atoms with Gasteiger partial charge >= 0.3 is 5.97 Å². The van der Waals surface area contributed by atoms with Crippen LogP contribution in [-0.4, -0.2) is 38.0 Å². The zero-order valence-electron chi connectivity index (χ0n) is 20.6. The monoisotopic (exact) mass is 496 g/mol. The van der Waals surface area contributed by atoms with Crippen LogP contribution in [0.2, 0.25) is 0 Å². The van der Waals surface area contributed by atoms with Crippen molar-refractivity contribution < 1.29 is 14.7 Å². The molecule has 0 unspecified atom stereocenters. The molecule has 0 spiro atoms. The Hall–Kier alpha value is -2.48. The number of carbonyl (C=O) groups excluding carboxylic acids is 1. The summed E-state index contributed by atoms with van der Waals surface area (Å²) < 4.78 is 1.92. The quantitative estimate of drug-likeness (QED) is 0.504. The van der Waals surface area contributed by atoms with Gasteiger partial charge in [0.2, 0.25) is 5.91 Å². The van der Waals surface area contributed by atoms with E-state index in [0.29, 0.717) is 16.5 Å². The van der Waals surface area contributed by atoms with Crippen LogP contribution in [-0.2, 0) is 4.79 Å². The van der Waals surface area contributed by atoms with E-state index >= 15 is 0 Å². The molecular weight excluding hydrogens is 460 g/mol. The summed E-state index contributed by atoms with van der Waals surface area (Å²) in [6, 6.07) is 2.31. The first-order chi connectivity index (χ1) is 17.0. The number of rotatable bonds is 6. The largest absolute Gasteiger partial charge is 0.477 e. The second-order valence-electron chi connectivity index (χ2n) is 10.6. The molecule has 2 heterocycles. The summed E-state index contributed by atoms with van der Waals surface area (Å²) in [7, 11) is 0. The molecule has 0 atom stereocenters. The normalized spacial score (nSPS) is 27.3. The maximum absolute atomic E-state index is 14.1. The SMILES string of the molecule is C[C@H]1CC[C@H](C(=O)N(c2cc(C3=CCCCC3)sc2C(=O)O)[C@H]2CC[C@@H](n3ccnn3)CC2)CC1. The number of anilines is 1. The van der Waals surface area contributed by atoms with Crippen molar-refractivity contribution in [2.24, 2.45) is 11.8 Å². The van der Waals surface area contributed by atoms with E-state index in [-0.39, 0.29) is 23.9 Å². The maximum Gasteiger partial charge on any atom is 0.348 e. The lowest BCUT2D eigenvalue weighted by Crippen LogP contribution is -2.46. The van der Waals surface area contributed by atoms with Crippen molar-refractivity contribution in [1.82, 2.24) is 15.0 Å². The number of hydrogen-bond donors (Lipinski definition) is 1. The van der Waals surface area contributed by atoms with Gasteiger partial charge in [-0.1, -0.05) is 18.2 Å². The molecule has 0 radical (unpaired) electrons. The molecule has 7 nitrogen and oxygen atoms in total. The standard InChI is InChI=1S/C27H36N4O3S/c1-18-7-9-20(10-8-18)26(32)31(22-13-11-21(12-14-22)30-16-15-28-29-30)23-17-24(35-25(23)27(33)34)19-5-3-2-4-6-19/h5,15-18,20-22H,2-4,6-14H2,1H3,(H,33,34)/t18-,20-,21-,22+. The lowest BCUT2D eigenvalue weighted by molar-refractivity contribution is -0.124. The van der Waals surface area contributed by atoms with Crippen molar-refractivity contribution in [2.45, 2.75) is 96.1 Å². The van der Waals surface area contributed by atoms with Crippen molar-refractivity contribution in [1.29, 1.82) is 0 Å². The van der Waals surface area contributed by atoms with Crippen molar-refractivity contribution in [3.63, 3.8) is 0 Å². The molecule has 0 saturated heterocycles. The number of carboxylic acid groups (broad SMARTS) is 1. The number of allylic oxidation sites excluding steroid dienone is 2. The predicted octanol–water partition coefficient (Wildman–Crippen LogP) is 6.34. The Balaban J connectivity index is 1.46. The first-order valence-corrected chi connectivity index (χ1v) is 14.1. The van der Waals surface area contributed by atoms with Crippen LogP contribution in [0.25, 0.3) is 5.57 Å². The topological polar surface area (TPSA) is 88.3 Å². The molecule has 3 aliphatic rings. The molecule has 0 aliphatic heterocycles. The van der Waals surface area contributed by atoms with Gasteiger partial charge in [-0.15, -0.1) is 16.4 Å². The molecular formula is C27H36N4O3S. The fraction of sp³-hybridized carbons (Fsp3) is 0.630. The average Bonchev–Trinajstić information content (AvgIpc) is 3.57. The van der Waals surface area contributed by atoms with Crippen LogP contribution in [0.1, 0.15) is 105 Å². The highest BCUT2D eigenvalue weighted by Crippen LogP contribution is 2.42. The molecule has 8 heteroatoms. The van der Waals surface area contributed by atoms with Crippen LogP contribution < -0.4 is 4.90 Å². The molecule has 1 N–H and O–H groups in total. The first kappa shape index (κ1) is 24.2. The second-order valence-corrected chi connectivity index (χ2v) is 11.7. The molecule has 2 saturated carbocycles. The van der Waals surface area contributed by atoms with E-state index in [1.807, 2.05) is 21.8 Å². The number of aromatic carboxylic acids is 1. The lowest BCUT2D eigenvalue weighted by atomic mass is 9.81. The third-order valence-corrected chi connectivity index (χ3v) is 9.41. The second kappa shape index (κ2) is 10.6. The smallest absolute Gasteiger partial charge is 0.348 e. The van der Waals surface area contributed by atoms with Gasteiger partial charge in [-0.3, -0.25) is 4.79 Å². The number of aromatic nitrogens is 3. The third kappa shape index (κ3) is 5.22. The molecule has 0 bridgehead atoms. The summed E-state index contributed by atoms with van der Waals surface area (Å²) >= 11 is 1.35. The Morgan fingerprint density at radius 2 is 1.86 bits per heavy atom. The zero-order valence-corrected chi connectivity index (χ0v) is 21.4. The minimum Gasteiger partial charge on any atom is -0.477 e. The van der Waals surface area contributed by atoms with Crippen LogP contribution in [0.4, 0.5) is 5.69 Å². The van der Waals surface area contributed by atoms with Gasteiger partial charge in [0, 0.05) is 23.0 Å². The number of carboxylic acids is 1. The molecule has 3 aliphatic carbocycles. The van der Waals surface area contributed by atoms with Gasteiger partial charge < -0.3 is 10.0 Å². The van der Waals surface area contributed by atoms with E-state index in [1.165, 1.54) is 23.3 Å². The first-order valence-electron chi connectivity index (χ1n) is 13.3. The van der Waals surface area contributed by atoms with Gasteiger partial charge in [-0.2, -0.15) is 0 Å². The minimum atomic E-state index is -0.931. The molecule has 1 amide bonds. The van der Waals surface area contributed by atoms with Gasteiger partial charge in [0.25, 0.3) is 0 Å². The lowest BCUT2D eigenvalue weighted by Gasteiger charge is -2.39. The van der Waals surface area contributed by atoms with E-state index < -0.39 is 5.97 Å². The molecule has 0 aromatic carbocycles. The Labute approximate surface area is 211 Å². The number of amides is 1. The number of carbonyl (C=O) groups is 2. The van der Waals surface area contributed by atoms with Gasteiger partial charge in [0.1, 0.15) is 4.88 Å². The fourth-order valence-electron chi connectivity index (χ4n) is 6.13. The van der Waals surface area contributed by atoms with Crippen LogP contribution >= 0.6 is 11.3 Å². The van der Waals surface area contributed by atoms with E-state index in [4.69, 9.17) is 0 Å². The minimum absolute atomic E-state index is 0.0156. The van der Waals surface area contributed by atoms with Crippen molar-refractivity contribution in [3.05, 3.63) is 34.3 Å². The Morgan fingerprint density at radius 1 is 1.09 bits per heavy atom. The molecule has 5 rings (SSSR count). The van der Waals surface area contributed by atoms with Crippen molar-refractivity contribution in [2.75, 3.05) is 4.90 Å². The summed E-state index contributed by atoms with van der Waals surface area (Å²) in [5, 5.41) is 18.3. The number of thiophene rings is 1. The summed E-state index contributed by atoms with van der Waals surface area (Å²) in [6.45, 7) is 2.26. The third-order valence-electron chi connectivity index (χ3n) is 8.22. The summed E-state index contributed by atoms with van der Waals surface area (Å²) in [6.07, 6.45) is 17.6. The highest BCUT2D eigenvalue weighted by atomic mass is 32.1. The Morgan fingerprint density at radius 3 is 2.49 bits per heavy atom. The maximum atomic E-state index is 14.1. The van der Waals surface area contributed by atoms with Gasteiger partial charge in [-0.25, -0.2) is 9.48 Å². The summed E-state index contributed by atoms with van der Waals surface area (Å²) in [5.41, 5.74) is 1.86. The van der Waals surface area contributed by atoms with E-state index in [2.05, 4.69) is 23.3 Å². The zero-order chi connectivity index (χ0) is 24.4. The highest BCUT2D eigenvalue weighted by Gasteiger charge is 2.38. The summed E-state index contributed by atoms with van der Waals surface area (Å²) in [4.78, 5) is 29.7. The predicted molar refractivity (Wildman–Crippen MR) is 138 cm³/mol. The highest BCUT2D eigenvalue weighted by molar-refractivity contribution is 7.15. The van der Waals surface area contributed by atoms with Gasteiger partial charge in [0.15, 0.2) is 0 Å². The average molecular weight is 497 g/mol. The molecule has 2 fully saturated rings. The Bertz CT molecular complexity index is 1060. The van der Waals surface area contributed by atoms with Crippen LogP contribution in [0.3, 0.4) is 0 Å². The van der Waals surface area contributed by atoms with Crippen molar-refractivity contribution >= 4 is 34.5 Å². The number of nitrogens with zero attached hydrogens (tertiary/aromatic N) is 4.